The van der Waals surface area contributed by atoms with Crippen LogP contribution >= 0.6 is 35.0 Å². The van der Waals surface area contributed by atoms with E-state index in [0.717, 1.165) is 9.92 Å². The van der Waals surface area contributed by atoms with Crippen LogP contribution in [0.2, 0.25) is 10.0 Å². The first-order valence-electron chi connectivity index (χ1n) is 4.02. The summed E-state index contributed by atoms with van der Waals surface area (Å²) in [6.07, 6.45) is 1.89. The van der Waals surface area contributed by atoms with Crippen LogP contribution in [0, 0.1) is 0 Å². The molecule has 1 N–H and O–H groups in total. The molecule has 0 aliphatic rings. The van der Waals surface area contributed by atoms with Crippen molar-refractivity contribution < 1.29 is 0 Å². The Hall–Kier alpha value is -0.570. The summed E-state index contributed by atoms with van der Waals surface area (Å²) in [5, 5.41) is 2.26. The summed E-state index contributed by atoms with van der Waals surface area (Å²) in [6, 6.07) is 9.57. The maximum atomic E-state index is 5.90. The molecule has 0 amide bonds. The van der Waals surface area contributed by atoms with Crippen molar-refractivity contribution in [2.24, 2.45) is 0 Å². The molecule has 0 unspecified atom stereocenters. The zero-order valence-corrected chi connectivity index (χ0v) is 9.46. The number of halogens is 2. The standard InChI is InChI=1S/C10H7Cl2NS/c11-8-4-3-7(6-9(8)12)14-10-2-1-5-13-10/h1-6,13H. The SMILES string of the molecule is Clc1ccc(Sc2ccc[nH]2)cc1Cl. The Kier molecular flexibility index (Phi) is 3.06. The maximum absolute atomic E-state index is 5.90. The van der Waals surface area contributed by atoms with Gasteiger partial charge in [0.2, 0.25) is 0 Å². The molecule has 0 saturated heterocycles. The van der Waals surface area contributed by atoms with E-state index in [4.69, 9.17) is 23.2 Å². The van der Waals surface area contributed by atoms with Crippen molar-refractivity contribution in [1.82, 2.24) is 4.98 Å². The van der Waals surface area contributed by atoms with Crippen LogP contribution in [0.25, 0.3) is 0 Å². The largest absolute Gasteiger partial charge is 0.356 e. The highest BCUT2D eigenvalue weighted by atomic mass is 35.5. The van der Waals surface area contributed by atoms with Gasteiger partial charge >= 0.3 is 0 Å². The minimum atomic E-state index is 0.586. The third-order valence-corrected chi connectivity index (χ3v) is 3.39. The number of H-pyrrole nitrogens is 1. The van der Waals surface area contributed by atoms with E-state index in [1.54, 1.807) is 17.8 Å². The van der Waals surface area contributed by atoms with Gasteiger partial charge in [0.15, 0.2) is 0 Å². The monoisotopic (exact) mass is 243 g/mol. The van der Waals surface area contributed by atoms with E-state index in [1.165, 1.54) is 0 Å². The van der Waals surface area contributed by atoms with Crippen molar-refractivity contribution in [2.45, 2.75) is 9.92 Å². The van der Waals surface area contributed by atoms with Gasteiger partial charge in [0.05, 0.1) is 15.1 Å². The van der Waals surface area contributed by atoms with Crippen molar-refractivity contribution in [2.75, 3.05) is 0 Å². The quantitative estimate of drug-likeness (QED) is 0.823. The van der Waals surface area contributed by atoms with Crippen LogP contribution in [0.1, 0.15) is 0 Å². The average molecular weight is 244 g/mol. The van der Waals surface area contributed by atoms with Gasteiger partial charge in [-0.2, -0.15) is 0 Å². The predicted octanol–water partition coefficient (Wildman–Crippen LogP) is 4.47. The molecule has 0 saturated carbocycles. The van der Waals surface area contributed by atoms with Gasteiger partial charge in [-0.3, -0.25) is 0 Å². The first kappa shape index (κ1) is 9.97. The first-order chi connectivity index (χ1) is 6.75. The fraction of sp³-hybridized carbons (Fsp3) is 0. The molecule has 1 aromatic carbocycles. The second kappa shape index (κ2) is 4.30. The molecule has 72 valence electrons. The minimum Gasteiger partial charge on any atom is -0.356 e. The molecule has 1 aromatic heterocycles. The summed E-state index contributed by atoms with van der Waals surface area (Å²) in [5.74, 6) is 0. The molecular formula is C10H7Cl2NS. The fourth-order valence-electron chi connectivity index (χ4n) is 1.04. The van der Waals surface area contributed by atoms with Crippen molar-refractivity contribution in [3.05, 3.63) is 46.6 Å². The van der Waals surface area contributed by atoms with Crippen molar-refractivity contribution in [3.8, 4) is 0 Å². The highest BCUT2D eigenvalue weighted by molar-refractivity contribution is 7.99. The Morgan fingerprint density at radius 2 is 1.93 bits per heavy atom. The van der Waals surface area contributed by atoms with Crippen LogP contribution in [0.4, 0.5) is 0 Å². The third kappa shape index (κ3) is 2.27. The lowest BCUT2D eigenvalue weighted by Gasteiger charge is -2.00. The third-order valence-electron chi connectivity index (χ3n) is 1.69. The van der Waals surface area contributed by atoms with Crippen molar-refractivity contribution >= 4 is 35.0 Å². The lowest BCUT2D eigenvalue weighted by Crippen LogP contribution is -1.74. The normalized spacial score (nSPS) is 10.4. The van der Waals surface area contributed by atoms with Crippen molar-refractivity contribution in [3.63, 3.8) is 0 Å². The molecule has 1 heterocycles. The molecule has 14 heavy (non-hydrogen) atoms. The predicted molar refractivity (Wildman–Crippen MR) is 61.4 cm³/mol. The van der Waals surface area contributed by atoms with Crippen molar-refractivity contribution in [1.29, 1.82) is 0 Å². The molecule has 2 aromatic rings. The summed E-state index contributed by atoms with van der Waals surface area (Å²) >= 11 is 13.3. The van der Waals surface area contributed by atoms with Gasteiger partial charge in [-0.15, -0.1) is 0 Å². The second-order valence-electron chi connectivity index (χ2n) is 2.71. The molecule has 0 radical (unpaired) electrons. The van der Waals surface area contributed by atoms with Crippen LogP contribution in [0.15, 0.2) is 46.5 Å². The first-order valence-corrected chi connectivity index (χ1v) is 5.59. The van der Waals surface area contributed by atoms with Gasteiger partial charge in [-0.05, 0) is 30.3 Å². The molecule has 0 spiro atoms. The van der Waals surface area contributed by atoms with E-state index in [9.17, 15) is 0 Å². The Morgan fingerprint density at radius 3 is 2.57 bits per heavy atom. The summed E-state index contributed by atoms with van der Waals surface area (Å²) in [4.78, 5) is 4.18. The van der Waals surface area contributed by atoms with Crippen LogP contribution in [-0.2, 0) is 0 Å². The molecule has 0 atom stereocenters. The summed E-state index contributed by atoms with van der Waals surface area (Å²) in [7, 11) is 0. The number of hydrogen-bond acceptors (Lipinski definition) is 1. The highest BCUT2D eigenvalue weighted by Gasteiger charge is 2.01. The van der Waals surface area contributed by atoms with Gasteiger partial charge in [-0.1, -0.05) is 35.0 Å². The van der Waals surface area contributed by atoms with Crippen LogP contribution in [-0.4, -0.2) is 4.98 Å². The van der Waals surface area contributed by atoms with E-state index in [-0.39, 0.29) is 0 Å². The van der Waals surface area contributed by atoms with Gasteiger partial charge in [0, 0.05) is 11.1 Å². The Bertz CT molecular complexity index is 426. The molecule has 0 bridgehead atoms. The lowest BCUT2D eigenvalue weighted by molar-refractivity contribution is 1.20. The molecule has 2 rings (SSSR count). The van der Waals surface area contributed by atoms with Gasteiger partial charge in [0.25, 0.3) is 0 Å². The van der Waals surface area contributed by atoms with Crippen LogP contribution in [0.5, 0.6) is 0 Å². The Labute approximate surface area is 96.4 Å². The lowest BCUT2D eigenvalue weighted by atomic mass is 10.4. The minimum absolute atomic E-state index is 0.586. The summed E-state index contributed by atoms with van der Waals surface area (Å²) in [6.45, 7) is 0. The number of hydrogen-bond donors (Lipinski definition) is 1. The van der Waals surface area contributed by atoms with E-state index < -0.39 is 0 Å². The van der Waals surface area contributed by atoms with E-state index in [0.29, 0.717) is 10.0 Å². The zero-order valence-electron chi connectivity index (χ0n) is 7.13. The number of aromatic nitrogens is 1. The molecular weight excluding hydrogens is 237 g/mol. The number of rotatable bonds is 2. The second-order valence-corrected chi connectivity index (χ2v) is 4.64. The topological polar surface area (TPSA) is 15.8 Å². The van der Waals surface area contributed by atoms with Crippen LogP contribution < -0.4 is 0 Å². The maximum Gasteiger partial charge on any atom is 0.0769 e. The molecule has 0 aliphatic carbocycles. The molecule has 1 nitrogen and oxygen atoms in total. The smallest absolute Gasteiger partial charge is 0.0769 e. The van der Waals surface area contributed by atoms with E-state index >= 15 is 0 Å². The molecule has 0 aliphatic heterocycles. The highest BCUT2D eigenvalue weighted by Crippen LogP contribution is 2.31. The van der Waals surface area contributed by atoms with Gasteiger partial charge in [-0.25, -0.2) is 0 Å². The number of aromatic amines is 1. The van der Waals surface area contributed by atoms with Crippen LogP contribution in [0.3, 0.4) is 0 Å². The number of nitrogens with one attached hydrogen (secondary N) is 1. The Balaban J connectivity index is 2.22. The van der Waals surface area contributed by atoms with E-state index in [1.807, 2.05) is 30.5 Å². The van der Waals surface area contributed by atoms with E-state index in [2.05, 4.69) is 4.98 Å². The average Bonchev–Trinajstić information content (AvgIpc) is 2.64. The Morgan fingerprint density at radius 1 is 1.07 bits per heavy atom. The number of benzene rings is 1. The molecule has 0 fully saturated rings. The van der Waals surface area contributed by atoms with Gasteiger partial charge in [0.1, 0.15) is 0 Å². The zero-order chi connectivity index (χ0) is 9.97. The van der Waals surface area contributed by atoms with Gasteiger partial charge < -0.3 is 4.98 Å². The summed E-state index contributed by atoms with van der Waals surface area (Å²) < 4.78 is 0. The molecule has 4 heteroatoms. The summed E-state index contributed by atoms with van der Waals surface area (Å²) in [5.41, 5.74) is 0. The fourth-order valence-corrected chi connectivity index (χ4v) is 2.25.